The number of likely N-dealkylation sites (tertiary alicyclic amines) is 1. The molecule has 0 radical (unpaired) electrons. The second-order valence-corrected chi connectivity index (χ2v) is 5.41. The summed E-state index contributed by atoms with van der Waals surface area (Å²) in [5, 5.41) is 0. The molecule has 2 N–H and O–H groups in total. The van der Waals surface area contributed by atoms with Gasteiger partial charge in [-0.05, 0) is 18.4 Å². The van der Waals surface area contributed by atoms with Crippen molar-refractivity contribution in [2.75, 3.05) is 13.1 Å². The van der Waals surface area contributed by atoms with Gasteiger partial charge in [0.05, 0.1) is 6.04 Å². The zero-order valence-electron chi connectivity index (χ0n) is 11.6. The van der Waals surface area contributed by atoms with Crippen LogP contribution in [0.1, 0.15) is 37.8 Å². The molecular weight excluding hydrogens is 262 g/mol. The minimum Gasteiger partial charge on any atom is -0.340 e. The van der Waals surface area contributed by atoms with Crippen molar-refractivity contribution in [2.45, 2.75) is 32.2 Å². The molecule has 0 saturated carbocycles. The van der Waals surface area contributed by atoms with Gasteiger partial charge in [0, 0.05) is 25.1 Å². The highest BCUT2D eigenvalue weighted by atomic mass is 19.2. The van der Waals surface area contributed by atoms with E-state index in [4.69, 9.17) is 5.73 Å². The van der Waals surface area contributed by atoms with Crippen LogP contribution in [0.15, 0.2) is 18.2 Å². The molecule has 1 aromatic rings. The lowest BCUT2D eigenvalue weighted by Crippen LogP contribution is -2.34. The number of benzene rings is 1. The van der Waals surface area contributed by atoms with E-state index in [1.807, 2.05) is 0 Å². The molecular formula is C15H20F2N2O. The van der Waals surface area contributed by atoms with Crippen LogP contribution in [0.2, 0.25) is 0 Å². The molecule has 3 nitrogen and oxygen atoms in total. The molecule has 1 fully saturated rings. The predicted molar refractivity (Wildman–Crippen MR) is 72.9 cm³/mol. The van der Waals surface area contributed by atoms with Gasteiger partial charge < -0.3 is 10.6 Å². The Bertz CT molecular complexity index is 493. The van der Waals surface area contributed by atoms with E-state index in [0.717, 1.165) is 18.9 Å². The summed E-state index contributed by atoms with van der Waals surface area (Å²) in [5.74, 6) is -1.42. The zero-order valence-corrected chi connectivity index (χ0v) is 11.6. The van der Waals surface area contributed by atoms with Gasteiger partial charge in [-0.1, -0.05) is 25.5 Å². The van der Waals surface area contributed by atoms with Crippen LogP contribution in [0.5, 0.6) is 0 Å². The molecule has 0 aromatic heterocycles. The van der Waals surface area contributed by atoms with Crippen molar-refractivity contribution in [3.63, 3.8) is 0 Å². The fraction of sp³-hybridized carbons (Fsp3) is 0.533. The second kappa shape index (κ2) is 6.31. The maximum absolute atomic E-state index is 13.7. The molecule has 1 amide bonds. The van der Waals surface area contributed by atoms with Gasteiger partial charge in [-0.2, -0.15) is 0 Å². The topological polar surface area (TPSA) is 46.3 Å². The van der Waals surface area contributed by atoms with Crippen LogP contribution in [0.3, 0.4) is 0 Å². The highest BCUT2D eigenvalue weighted by molar-refractivity contribution is 5.78. The molecule has 2 unspecified atom stereocenters. The SMILES string of the molecule is CCCC1CC(=O)N(CC(N)c2cccc(F)c2F)C1. The molecule has 1 aliphatic heterocycles. The smallest absolute Gasteiger partial charge is 0.222 e. The molecule has 20 heavy (non-hydrogen) atoms. The standard InChI is InChI=1S/C15H20F2N2O/c1-2-4-10-7-14(20)19(8-10)9-13(18)11-5-3-6-12(16)15(11)17/h3,5-6,10,13H,2,4,7-9,18H2,1H3. The minimum absolute atomic E-state index is 0.0516. The van der Waals surface area contributed by atoms with E-state index in [1.165, 1.54) is 12.1 Å². The lowest BCUT2D eigenvalue weighted by atomic mass is 10.0. The van der Waals surface area contributed by atoms with Gasteiger partial charge in [-0.15, -0.1) is 0 Å². The van der Waals surface area contributed by atoms with Gasteiger partial charge in [-0.3, -0.25) is 4.79 Å². The van der Waals surface area contributed by atoms with Crippen LogP contribution in [0, 0.1) is 17.6 Å². The number of hydrogen-bond donors (Lipinski definition) is 1. The van der Waals surface area contributed by atoms with Gasteiger partial charge in [0.15, 0.2) is 11.6 Å². The van der Waals surface area contributed by atoms with E-state index >= 15 is 0 Å². The number of carbonyl (C=O) groups excluding carboxylic acids is 1. The van der Waals surface area contributed by atoms with Crippen molar-refractivity contribution in [1.29, 1.82) is 0 Å². The third kappa shape index (κ3) is 3.15. The normalized spacial score (nSPS) is 20.5. The van der Waals surface area contributed by atoms with Crippen molar-refractivity contribution in [3.05, 3.63) is 35.4 Å². The number of nitrogens with two attached hydrogens (primary N) is 1. The van der Waals surface area contributed by atoms with Crippen LogP contribution in [0.4, 0.5) is 8.78 Å². The molecule has 110 valence electrons. The number of carbonyl (C=O) groups is 1. The van der Waals surface area contributed by atoms with Crippen molar-refractivity contribution >= 4 is 5.91 Å². The van der Waals surface area contributed by atoms with Gasteiger partial charge in [0.25, 0.3) is 0 Å². The third-order valence-corrected chi connectivity index (χ3v) is 3.79. The first kappa shape index (κ1) is 14.9. The van der Waals surface area contributed by atoms with Gasteiger partial charge in [0.1, 0.15) is 0 Å². The molecule has 1 heterocycles. The quantitative estimate of drug-likeness (QED) is 0.902. The fourth-order valence-corrected chi connectivity index (χ4v) is 2.77. The average molecular weight is 282 g/mol. The average Bonchev–Trinajstić information content (AvgIpc) is 2.73. The number of rotatable bonds is 5. The van der Waals surface area contributed by atoms with Crippen molar-refractivity contribution in [3.8, 4) is 0 Å². The van der Waals surface area contributed by atoms with E-state index in [9.17, 15) is 13.6 Å². The molecule has 0 bridgehead atoms. The first-order valence-corrected chi connectivity index (χ1v) is 7.00. The van der Waals surface area contributed by atoms with Crippen molar-refractivity contribution in [1.82, 2.24) is 4.90 Å². The molecule has 1 saturated heterocycles. The Morgan fingerprint density at radius 3 is 2.90 bits per heavy atom. The Morgan fingerprint density at radius 2 is 2.20 bits per heavy atom. The molecule has 0 spiro atoms. The summed E-state index contributed by atoms with van der Waals surface area (Å²) < 4.78 is 26.8. The Hall–Kier alpha value is -1.49. The summed E-state index contributed by atoms with van der Waals surface area (Å²) in [6.45, 7) is 2.98. The number of hydrogen-bond acceptors (Lipinski definition) is 2. The highest BCUT2D eigenvalue weighted by Gasteiger charge is 2.30. The molecule has 1 aromatic carbocycles. The Morgan fingerprint density at radius 1 is 1.45 bits per heavy atom. The maximum atomic E-state index is 13.7. The Balaban J connectivity index is 2.03. The van der Waals surface area contributed by atoms with Crippen LogP contribution < -0.4 is 5.73 Å². The Labute approximate surface area is 117 Å². The largest absolute Gasteiger partial charge is 0.340 e. The van der Waals surface area contributed by atoms with E-state index in [1.54, 1.807) is 4.90 Å². The summed E-state index contributed by atoms with van der Waals surface area (Å²) in [7, 11) is 0. The molecule has 0 aliphatic carbocycles. The lowest BCUT2D eigenvalue weighted by Gasteiger charge is -2.22. The predicted octanol–water partition coefficient (Wildman–Crippen LogP) is 2.61. The number of halogens is 2. The van der Waals surface area contributed by atoms with Crippen LogP contribution in [-0.2, 0) is 4.79 Å². The molecule has 2 rings (SSSR count). The van der Waals surface area contributed by atoms with Crippen LogP contribution >= 0.6 is 0 Å². The fourth-order valence-electron chi connectivity index (χ4n) is 2.77. The van der Waals surface area contributed by atoms with Crippen LogP contribution in [0.25, 0.3) is 0 Å². The Kier molecular flexibility index (Phi) is 4.70. The zero-order chi connectivity index (χ0) is 14.7. The van der Waals surface area contributed by atoms with Crippen LogP contribution in [-0.4, -0.2) is 23.9 Å². The number of amides is 1. The maximum Gasteiger partial charge on any atom is 0.222 e. The first-order chi connectivity index (χ1) is 9.52. The van der Waals surface area contributed by atoms with E-state index in [0.29, 0.717) is 18.9 Å². The van der Waals surface area contributed by atoms with E-state index in [-0.39, 0.29) is 18.0 Å². The van der Waals surface area contributed by atoms with E-state index < -0.39 is 17.7 Å². The first-order valence-electron chi connectivity index (χ1n) is 7.00. The summed E-state index contributed by atoms with van der Waals surface area (Å²) >= 11 is 0. The van der Waals surface area contributed by atoms with Crippen molar-refractivity contribution < 1.29 is 13.6 Å². The van der Waals surface area contributed by atoms with Crippen molar-refractivity contribution in [2.24, 2.45) is 11.7 Å². The summed E-state index contributed by atoms with van der Waals surface area (Å²) in [6, 6.07) is 3.26. The highest BCUT2D eigenvalue weighted by Crippen LogP contribution is 2.25. The third-order valence-electron chi connectivity index (χ3n) is 3.79. The lowest BCUT2D eigenvalue weighted by molar-refractivity contribution is -0.127. The number of nitrogens with zero attached hydrogens (tertiary/aromatic N) is 1. The van der Waals surface area contributed by atoms with Gasteiger partial charge in [-0.25, -0.2) is 8.78 Å². The summed E-state index contributed by atoms with van der Waals surface area (Å²) in [5.41, 5.74) is 6.05. The molecule has 1 aliphatic rings. The minimum atomic E-state index is -0.920. The van der Waals surface area contributed by atoms with Gasteiger partial charge >= 0.3 is 0 Å². The van der Waals surface area contributed by atoms with E-state index in [2.05, 4.69) is 6.92 Å². The second-order valence-electron chi connectivity index (χ2n) is 5.41. The monoisotopic (exact) mass is 282 g/mol. The summed E-state index contributed by atoms with van der Waals surface area (Å²) in [4.78, 5) is 13.5. The molecule has 5 heteroatoms. The van der Waals surface area contributed by atoms with Gasteiger partial charge in [0.2, 0.25) is 5.91 Å². The summed E-state index contributed by atoms with van der Waals surface area (Å²) in [6.07, 6.45) is 2.58. The molecule has 2 atom stereocenters.